The van der Waals surface area contributed by atoms with E-state index in [0.717, 1.165) is 16.4 Å². The van der Waals surface area contributed by atoms with Gasteiger partial charge in [0.1, 0.15) is 23.7 Å². The van der Waals surface area contributed by atoms with Crippen LogP contribution in [0.25, 0.3) is 0 Å². The number of anilines is 1. The first kappa shape index (κ1) is 25.7. The Bertz CT molecular complexity index is 1260. The summed E-state index contributed by atoms with van der Waals surface area (Å²) < 4.78 is 5.84. The van der Waals surface area contributed by atoms with E-state index in [-0.39, 0.29) is 29.0 Å². The fourth-order valence-electron chi connectivity index (χ4n) is 3.59. The lowest BCUT2D eigenvalue weighted by Gasteiger charge is -2.49. The molecule has 2 aromatic heterocycles. The van der Waals surface area contributed by atoms with E-state index in [0.29, 0.717) is 17.9 Å². The Morgan fingerprint density at radius 2 is 2.22 bits per heavy atom. The normalized spacial score (nSPS) is 19.4. The zero-order valence-corrected chi connectivity index (χ0v) is 21.4. The van der Waals surface area contributed by atoms with Crippen LogP contribution in [0.4, 0.5) is 5.13 Å². The van der Waals surface area contributed by atoms with Crippen molar-refractivity contribution in [1.82, 2.24) is 19.6 Å². The SMILES string of the molecule is C=CCON=C(C(=O)NC1C(=O)N2C(C(=O)O)=C(C[n+]3ccc(SC)cc3)CS[C@@H]12)c1nsc(N)n1. The fraction of sp³-hybridized carbons (Fsp3) is 0.286. The Balaban J connectivity index is 1.52. The van der Waals surface area contributed by atoms with Crippen molar-refractivity contribution in [3.8, 4) is 0 Å². The molecule has 2 amide bonds. The Hall–Kier alpha value is -3.43. The number of oxime groups is 1. The first-order valence-corrected chi connectivity index (χ1v) is 13.5. The molecule has 0 spiro atoms. The van der Waals surface area contributed by atoms with E-state index >= 15 is 0 Å². The Labute approximate surface area is 218 Å². The van der Waals surface area contributed by atoms with Gasteiger partial charge in [0.25, 0.3) is 11.8 Å². The third-order valence-corrected chi connectivity index (χ3v) is 7.85. The average molecular weight is 549 g/mol. The van der Waals surface area contributed by atoms with Gasteiger partial charge in [-0.1, -0.05) is 17.8 Å². The molecular formula is C21H22N7O5S3+. The highest BCUT2D eigenvalue weighted by molar-refractivity contribution is 8.00. The monoisotopic (exact) mass is 548 g/mol. The number of nitrogens with one attached hydrogen (secondary N) is 1. The molecule has 0 bridgehead atoms. The summed E-state index contributed by atoms with van der Waals surface area (Å²) in [6.45, 7) is 3.88. The highest BCUT2D eigenvalue weighted by Crippen LogP contribution is 2.40. The molecule has 2 aromatic rings. The number of amides is 2. The minimum Gasteiger partial charge on any atom is -0.477 e. The summed E-state index contributed by atoms with van der Waals surface area (Å²) in [5.41, 5.74) is 5.91. The zero-order chi connectivity index (χ0) is 25.8. The van der Waals surface area contributed by atoms with Gasteiger partial charge < -0.3 is 21.0 Å². The summed E-state index contributed by atoms with van der Waals surface area (Å²) in [4.78, 5) is 49.4. The molecule has 1 fully saturated rings. The van der Waals surface area contributed by atoms with Crippen LogP contribution in [-0.4, -0.2) is 72.9 Å². The number of rotatable bonds is 10. The smallest absolute Gasteiger partial charge is 0.352 e. The number of carbonyl (C=O) groups is 3. The van der Waals surface area contributed by atoms with E-state index in [9.17, 15) is 19.5 Å². The lowest BCUT2D eigenvalue weighted by Crippen LogP contribution is -2.71. The van der Waals surface area contributed by atoms with Crippen molar-refractivity contribution in [3.63, 3.8) is 0 Å². The van der Waals surface area contributed by atoms with Crippen molar-refractivity contribution in [3.05, 3.63) is 54.3 Å². The number of thioether (sulfide) groups is 2. The molecule has 1 saturated heterocycles. The van der Waals surface area contributed by atoms with E-state index in [1.807, 2.05) is 35.3 Å². The summed E-state index contributed by atoms with van der Waals surface area (Å²) in [5.74, 6) is -2.14. The van der Waals surface area contributed by atoms with E-state index in [1.165, 1.54) is 22.7 Å². The highest BCUT2D eigenvalue weighted by atomic mass is 32.2. The van der Waals surface area contributed by atoms with Gasteiger partial charge in [-0.3, -0.25) is 14.5 Å². The van der Waals surface area contributed by atoms with Crippen LogP contribution < -0.4 is 15.6 Å². The molecule has 0 aromatic carbocycles. The number of carboxylic acid groups (broad SMARTS) is 1. The van der Waals surface area contributed by atoms with E-state index < -0.39 is 29.2 Å². The number of nitrogens with zero attached hydrogens (tertiary/aromatic N) is 5. The number of aliphatic carboxylic acids is 1. The number of nitrogens with two attached hydrogens (primary N) is 1. The quantitative estimate of drug-likeness (QED) is 0.0723. The van der Waals surface area contributed by atoms with E-state index in [2.05, 4.69) is 26.4 Å². The van der Waals surface area contributed by atoms with Crippen molar-refractivity contribution < 1.29 is 28.9 Å². The molecule has 4 N–H and O–H groups in total. The van der Waals surface area contributed by atoms with E-state index in [1.54, 1.807) is 11.8 Å². The second-order valence-corrected chi connectivity index (χ2v) is 10.3. The molecule has 2 aliphatic rings. The molecule has 36 heavy (non-hydrogen) atoms. The predicted molar refractivity (Wildman–Crippen MR) is 135 cm³/mol. The van der Waals surface area contributed by atoms with Gasteiger partial charge in [-0.05, 0) is 6.26 Å². The molecule has 0 saturated carbocycles. The summed E-state index contributed by atoms with van der Waals surface area (Å²) in [7, 11) is 0. The molecule has 1 unspecified atom stereocenters. The van der Waals surface area contributed by atoms with Crippen LogP contribution in [0.15, 0.2) is 58.5 Å². The molecule has 4 heterocycles. The number of β-lactam (4-membered cyclic amide) rings is 1. The molecule has 12 nitrogen and oxygen atoms in total. The van der Waals surface area contributed by atoms with Crippen molar-refractivity contribution in [2.75, 3.05) is 24.3 Å². The van der Waals surface area contributed by atoms with Crippen LogP contribution in [0.3, 0.4) is 0 Å². The Morgan fingerprint density at radius 1 is 1.47 bits per heavy atom. The first-order chi connectivity index (χ1) is 17.3. The van der Waals surface area contributed by atoms with Crippen LogP contribution in [-0.2, 0) is 25.8 Å². The number of fused-ring (bicyclic) bond motifs is 1. The van der Waals surface area contributed by atoms with Crippen molar-refractivity contribution in [2.45, 2.75) is 22.9 Å². The van der Waals surface area contributed by atoms with Gasteiger partial charge >= 0.3 is 5.97 Å². The second kappa shape index (κ2) is 11.1. The van der Waals surface area contributed by atoms with Gasteiger partial charge in [-0.25, -0.2) is 9.36 Å². The zero-order valence-electron chi connectivity index (χ0n) is 19.0. The lowest BCUT2D eigenvalue weighted by atomic mass is 10.0. The van der Waals surface area contributed by atoms with Gasteiger partial charge in [0.05, 0.1) is 0 Å². The molecule has 2 aliphatic heterocycles. The molecule has 4 rings (SSSR count). The van der Waals surface area contributed by atoms with Crippen LogP contribution in [0.1, 0.15) is 5.82 Å². The molecule has 0 aliphatic carbocycles. The maximum Gasteiger partial charge on any atom is 0.352 e. The lowest BCUT2D eigenvalue weighted by molar-refractivity contribution is -0.689. The number of carbonyl (C=O) groups excluding carboxylic acids is 2. The molecule has 0 radical (unpaired) electrons. The minimum absolute atomic E-state index is 0.0403. The minimum atomic E-state index is -1.20. The third-order valence-electron chi connectivity index (χ3n) is 5.22. The Kier molecular flexibility index (Phi) is 7.91. The number of hydrogen-bond acceptors (Lipinski definition) is 11. The van der Waals surface area contributed by atoms with Crippen LogP contribution in [0.2, 0.25) is 0 Å². The highest BCUT2D eigenvalue weighted by Gasteiger charge is 2.54. The number of pyridine rings is 1. The van der Waals surface area contributed by atoms with Crippen LogP contribution in [0.5, 0.6) is 0 Å². The number of nitrogen functional groups attached to an aromatic ring is 1. The summed E-state index contributed by atoms with van der Waals surface area (Å²) in [6, 6.07) is 2.92. The summed E-state index contributed by atoms with van der Waals surface area (Å²) in [6.07, 6.45) is 7.15. The van der Waals surface area contributed by atoms with Gasteiger partial charge in [0, 0.05) is 39.9 Å². The van der Waals surface area contributed by atoms with E-state index in [4.69, 9.17) is 10.6 Å². The van der Waals surface area contributed by atoms with Crippen molar-refractivity contribution >= 4 is 63.7 Å². The standard InChI is InChI=1S/C21H21N7O5S3/c1-3-8-33-25-13(16-24-21(22)36-26-16)17(29)23-14-18(30)28-15(20(31)32)11(10-35-19(14)28)9-27-6-4-12(34-2)5-7-27/h3-7,14,19H,1,8-10H2,2H3,(H3-,22,23,24,26,29,31,32)/p+1/t14?,19-/m0/s1. The summed E-state index contributed by atoms with van der Waals surface area (Å²) >= 11 is 3.86. The topological polar surface area (TPSA) is 164 Å². The predicted octanol–water partition coefficient (Wildman–Crippen LogP) is 0.475. The maximum atomic E-state index is 13.0. The molecule has 188 valence electrons. The van der Waals surface area contributed by atoms with Crippen molar-refractivity contribution in [1.29, 1.82) is 0 Å². The molecule has 2 atom stereocenters. The molecular weight excluding hydrogens is 526 g/mol. The third kappa shape index (κ3) is 5.22. The largest absolute Gasteiger partial charge is 0.477 e. The second-order valence-electron chi connectivity index (χ2n) is 7.51. The average Bonchev–Trinajstić information content (AvgIpc) is 3.30. The number of hydrogen-bond donors (Lipinski definition) is 3. The Morgan fingerprint density at radius 3 is 2.83 bits per heavy atom. The summed E-state index contributed by atoms with van der Waals surface area (Å²) in [5, 5.41) is 15.8. The fourth-order valence-corrected chi connectivity index (χ4v) is 5.75. The maximum absolute atomic E-state index is 13.0. The number of aromatic nitrogens is 3. The van der Waals surface area contributed by atoms with Crippen molar-refractivity contribution in [2.24, 2.45) is 5.16 Å². The van der Waals surface area contributed by atoms with Crippen LogP contribution >= 0.6 is 35.1 Å². The first-order valence-electron chi connectivity index (χ1n) is 10.5. The molecule has 15 heteroatoms. The van der Waals surface area contributed by atoms with Gasteiger partial charge in [-0.15, -0.1) is 23.5 Å². The number of carboxylic acids is 1. The van der Waals surface area contributed by atoms with Gasteiger partial charge in [0.2, 0.25) is 11.5 Å². The van der Waals surface area contributed by atoms with Gasteiger partial charge in [-0.2, -0.15) is 9.36 Å². The van der Waals surface area contributed by atoms with Gasteiger partial charge in [0.15, 0.2) is 24.1 Å². The van der Waals surface area contributed by atoms with Crippen LogP contribution in [0, 0.1) is 0 Å².